The number of nitrogens with zero attached hydrogens (tertiary/aromatic N) is 1. The second-order valence-electron chi connectivity index (χ2n) is 7.13. The standard InChI is InChI=1S/C24H19F3N2O5S/c1-15-4-6-16(7-5-15)20(30)13-33-23(32)19-3-2-12-28-22(19)35-14-21(31)29-17-8-10-18(11-9-17)34-24(25,26)27/h2-12H,13-14H2,1H3,(H,29,31). The van der Waals surface area contributed by atoms with Crippen LogP contribution in [0.5, 0.6) is 5.75 Å². The molecule has 0 atom stereocenters. The lowest BCUT2D eigenvalue weighted by Gasteiger charge is -2.10. The molecule has 0 saturated heterocycles. The van der Waals surface area contributed by atoms with E-state index in [-0.39, 0.29) is 27.8 Å². The lowest BCUT2D eigenvalue weighted by atomic mass is 10.1. The number of pyridine rings is 1. The molecule has 1 N–H and O–H groups in total. The third-order valence-corrected chi connectivity index (χ3v) is 5.42. The molecule has 11 heteroatoms. The highest BCUT2D eigenvalue weighted by molar-refractivity contribution is 8.00. The second kappa shape index (κ2) is 11.5. The normalized spacial score (nSPS) is 11.0. The lowest BCUT2D eigenvalue weighted by molar-refractivity contribution is -0.274. The highest BCUT2D eigenvalue weighted by Crippen LogP contribution is 2.25. The number of thioether (sulfide) groups is 1. The van der Waals surface area contributed by atoms with E-state index in [1.807, 2.05) is 6.92 Å². The van der Waals surface area contributed by atoms with Gasteiger partial charge in [0, 0.05) is 17.4 Å². The van der Waals surface area contributed by atoms with Gasteiger partial charge in [-0.3, -0.25) is 9.59 Å². The predicted molar refractivity (Wildman–Crippen MR) is 123 cm³/mol. The van der Waals surface area contributed by atoms with Gasteiger partial charge in [0.2, 0.25) is 5.91 Å². The van der Waals surface area contributed by atoms with E-state index in [1.165, 1.54) is 30.5 Å². The number of aromatic nitrogens is 1. The molecular weight excluding hydrogens is 485 g/mol. The molecule has 7 nitrogen and oxygen atoms in total. The van der Waals surface area contributed by atoms with Crippen molar-refractivity contribution in [1.29, 1.82) is 0 Å². The van der Waals surface area contributed by atoms with Gasteiger partial charge in [0.15, 0.2) is 12.4 Å². The predicted octanol–water partition coefficient (Wildman–Crippen LogP) is 5.06. The lowest BCUT2D eigenvalue weighted by Crippen LogP contribution is -2.17. The minimum atomic E-state index is -4.81. The van der Waals surface area contributed by atoms with Gasteiger partial charge in [-0.2, -0.15) is 0 Å². The molecule has 0 aliphatic carbocycles. The van der Waals surface area contributed by atoms with E-state index in [9.17, 15) is 27.6 Å². The van der Waals surface area contributed by atoms with Crippen molar-refractivity contribution in [3.8, 4) is 5.75 Å². The van der Waals surface area contributed by atoms with E-state index < -0.39 is 30.6 Å². The van der Waals surface area contributed by atoms with E-state index in [4.69, 9.17) is 4.74 Å². The van der Waals surface area contributed by atoms with Crippen LogP contribution in [0, 0.1) is 6.92 Å². The highest BCUT2D eigenvalue weighted by Gasteiger charge is 2.31. The third kappa shape index (κ3) is 8.14. The number of carbonyl (C=O) groups is 3. The molecule has 0 aliphatic rings. The maximum absolute atomic E-state index is 12.5. The minimum Gasteiger partial charge on any atom is -0.454 e. The van der Waals surface area contributed by atoms with E-state index in [0.29, 0.717) is 5.56 Å². The highest BCUT2D eigenvalue weighted by atomic mass is 32.2. The number of alkyl halides is 3. The number of Topliss-reactive ketones (excluding diaryl/α,β-unsaturated/α-hetero) is 1. The summed E-state index contributed by atoms with van der Waals surface area (Å²) in [6, 6.07) is 14.5. The van der Waals surface area contributed by atoms with Crippen LogP contribution in [0.1, 0.15) is 26.3 Å². The molecule has 0 spiro atoms. The number of benzene rings is 2. The molecule has 0 fully saturated rings. The van der Waals surface area contributed by atoms with Crippen molar-refractivity contribution in [3.63, 3.8) is 0 Å². The van der Waals surface area contributed by atoms with E-state index in [1.54, 1.807) is 24.3 Å². The molecule has 1 aromatic heterocycles. The Morgan fingerprint density at radius 2 is 1.69 bits per heavy atom. The van der Waals surface area contributed by atoms with Crippen LogP contribution in [0.3, 0.4) is 0 Å². The molecule has 0 saturated carbocycles. The number of ketones is 1. The van der Waals surface area contributed by atoms with E-state index in [0.717, 1.165) is 29.5 Å². The maximum atomic E-state index is 12.5. The van der Waals surface area contributed by atoms with Crippen LogP contribution in [-0.2, 0) is 9.53 Å². The van der Waals surface area contributed by atoms with Crippen LogP contribution in [0.15, 0.2) is 71.9 Å². The number of carbonyl (C=O) groups excluding carboxylic acids is 3. The Labute approximate surface area is 202 Å². The van der Waals surface area contributed by atoms with Gasteiger partial charge in [-0.05, 0) is 43.3 Å². The van der Waals surface area contributed by atoms with Crippen molar-refractivity contribution < 1.29 is 37.0 Å². The number of rotatable bonds is 9. The summed E-state index contributed by atoms with van der Waals surface area (Å²) in [6.45, 7) is 1.44. The van der Waals surface area contributed by atoms with Crippen molar-refractivity contribution in [3.05, 3.63) is 83.6 Å². The van der Waals surface area contributed by atoms with E-state index >= 15 is 0 Å². The molecule has 1 amide bonds. The number of ether oxygens (including phenoxy) is 2. The molecule has 0 unspecified atom stereocenters. The molecule has 3 aromatic rings. The van der Waals surface area contributed by atoms with Gasteiger partial charge in [0.25, 0.3) is 0 Å². The first kappa shape index (κ1) is 25.8. The topological polar surface area (TPSA) is 94.6 Å². The Balaban J connectivity index is 1.54. The number of esters is 1. The van der Waals surface area contributed by atoms with Crippen LogP contribution < -0.4 is 10.1 Å². The molecule has 0 bridgehead atoms. The zero-order valence-corrected chi connectivity index (χ0v) is 19.1. The number of hydrogen-bond donors (Lipinski definition) is 1. The summed E-state index contributed by atoms with van der Waals surface area (Å²) in [7, 11) is 0. The summed E-state index contributed by atoms with van der Waals surface area (Å²) < 4.78 is 45.6. The largest absolute Gasteiger partial charge is 0.573 e. The Kier molecular flexibility index (Phi) is 8.48. The van der Waals surface area contributed by atoms with Crippen molar-refractivity contribution in [1.82, 2.24) is 4.98 Å². The van der Waals surface area contributed by atoms with Crippen molar-refractivity contribution in [2.24, 2.45) is 0 Å². The fourth-order valence-electron chi connectivity index (χ4n) is 2.76. The number of hydrogen-bond acceptors (Lipinski definition) is 7. The Morgan fingerprint density at radius 1 is 1.00 bits per heavy atom. The van der Waals surface area contributed by atoms with E-state index in [2.05, 4.69) is 15.0 Å². The zero-order valence-electron chi connectivity index (χ0n) is 18.3. The molecule has 35 heavy (non-hydrogen) atoms. The molecule has 3 rings (SSSR count). The molecule has 2 aromatic carbocycles. The summed E-state index contributed by atoms with van der Waals surface area (Å²) in [5, 5.41) is 2.75. The molecule has 0 aliphatic heterocycles. The van der Waals surface area contributed by atoms with Gasteiger partial charge in [0.1, 0.15) is 10.8 Å². The van der Waals surface area contributed by atoms with Gasteiger partial charge < -0.3 is 14.8 Å². The number of amides is 1. The van der Waals surface area contributed by atoms with Crippen LogP contribution in [0.25, 0.3) is 0 Å². The average Bonchev–Trinajstić information content (AvgIpc) is 2.82. The van der Waals surface area contributed by atoms with Gasteiger partial charge in [-0.1, -0.05) is 41.6 Å². The van der Waals surface area contributed by atoms with Gasteiger partial charge in [-0.25, -0.2) is 9.78 Å². The van der Waals surface area contributed by atoms with Crippen molar-refractivity contribution in [2.75, 3.05) is 17.7 Å². The molecular formula is C24H19F3N2O5S. The van der Waals surface area contributed by atoms with Gasteiger partial charge in [0.05, 0.1) is 11.3 Å². The number of aryl methyl sites for hydroxylation is 1. The number of anilines is 1. The summed E-state index contributed by atoms with van der Waals surface area (Å²) in [5.74, 6) is -2.15. The first-order valence-corrected chi connectivity index (χ1v) is 11.1. The van der Waals surface area contributed by atoms with Gasteiger partial charge in [-0.15, -0.1) is 13.2 Å². The Hall–Kier alpha value is -3.86. The Morgan fingerprint density at radius 3 is 2.34 bits per heavy atom. The van der Waals surface area contributed by atoms with Crippen LogP contribution in [-0.4, -0.2) is 41.4 Å². The number of nitrogens with one attached hydrogen (secondary N) is 1. The first-order chi connectivity index (χ1) is 16.6. The second-order valence-corrected chi connectivity index (χ2v) is 8.09. The summed E-state index contributed by atoms with van der Waals surface area (Å²) in [6.07, 6.45) is -3.37. The smallest absolute Gasteiger partial charge is 0.454 e. The summed E-state index contributed by atoms with van der Waals surface area (Å²) >= 11 is 0.964. The fourth-order valence-corrected chi connectivity index (χ4v) is 3.55. The molecule has 182 valence electrons. The minimum absolute atomic E-state index is 0.0932. The van der Waals surface area contributed by atoms with Crippen molar-refractivity contribution >= 4 is 35.1 Å². The maximum Gasteiger partial charge on any atom is 0.573 e. The van der Waals surface area contributed by atoms with Crippen molar-refractivity contribution in [2.45, 2.75) is 18.3 Å². The average molecular weight is 504 g/mol. The fraction of sp³-hybridized carbons (Fsp3) is 0.167. The van der Waals surface area contributed by atoms with Crippen LogP contribution >= 0.6 is 11.8 Å². The monoisotopic (exact) mass is 504 g/mol. The molecule has 1 heterocycles. The quantitative estimate of drug-likeness (QED) is 0.247. The Bertz CT molecular complexity index is 1200. The number of halogens is 3. The third-order valence-electron chi connectivity index (χ3n) is 4.41. The van der Waals surface area contributed by atoms with Crippen LogP contribution in [0.2, 0.25) is 0 Å². The zero-order chi connectivity index (χ0) is 25.4. The summed E-state index contributed by atoms with van der Waals surface area (Å²) in [5.41, 5.74) is 1.77. The van der Waals surface area contributed by atoms with Crippen LogP contribution in [0.4, 0.5) is 18.9 Å². The first-order valence-electron chi connectivity index (χ1n) is 10.1. The molecule has 0 radical (unpaired) electrons. The summed E-state index contributed by atoms with van der Waals surface area (Å²) in [4.78, 5) is 41.1. The van der Waals surface area contributed by atoms with Gasteiger partial charge >= 0.3 is 12.3 Å². The SMILES string of the molecule is Cc1ccc(C(=O)COC(=O)c2cccnc2SCC(=O)Nc2ccc(OC(F)(F)F)cc2)cc1.